The molecule has 0 radical (unpaired) electrons. The molecule has 1 aliphatic heterocycles. The maximum Gasteiger partial charge on any atom is 0.317 e. The number of ether oxygens (including phenoxy) is 1. The summed E-state index contributed by atoms with van der Waals surface area (Å²) in [7, 11) is 1.41. The highest BCUT2D eigenvalue weighted by atomic mass is 19.1. The van der Waals surface area contributed by atoms with Crippen LogP contribution in [-0.2, 0) is 4.79 Å². The molecule has 1 atom stereocenters. The molecule has 10 heteroatoms. The van der Waals surface area contributed by atoms with E-state index >= 15 is 0 Å². The number of amides is 1. The SMILES string of the molecule is COc1cnc(-c2nnc(NC3N=C(c4ccccc4)c4ccccc4NC3=O)o2)c(F)c1. The molecular weight excluding hydrogens is 427 g/mol. The molecule has 0 saturated carbocycles. The van der Waals surface area contributed by atoms with Gasteiger partial charge in [0.05, 0.1) is 24.7 Å². The first kappa shape index (κ1) is 20.3. The number of fused-ring (bicyclic) bond motifs is 1. The summed E-state index contributed by atoms with van der Waals surface area (Å²) in [6.07, 6.45) is 0.261. The van der Waals surface area contributed by atoms with Gasteiger partial charge in [-0.15, -0.1) is 5.10 Å². The first-order chi connectivity index (χ1) is 16.1. The Balaban J connectivity index is 1.48. The van der Waals surface area contributed by atoms with E-state index in [1.165, 1.54) is 13.3 Å². The van der Waals surface area contributed by atoms with Gasteiger partial charge in [-0.3, -0.25) is 4.79 Å². The van der Waals surface area contributed by atoms with E-state index in [2.05, 4.69) is 30.8 Å². The van der Waals surface area contributed by atoms with Gasteiger partial charge in [0.1, 0.15) is 5.75 Å². The number of hydrogen-bond donors (Lipinski definition) is 2. The van der Waals surface area contributed by atoms with Crippen molar-refractivity contribution in [2.75, 3.05) is 17.7 Å². The fourth-order valence-corrected chi connectivity index (χ4v) is 3.36. The molecule has 0 bridgehead atoms. The van der Waals surface area contributed by atoms with Crippen LogP contribution >= 0.6 is 0 Å². The number of anilines is 2. The average molecular weight is 444 g/mol. The molecular formula is C23H17FN6O3. The Morgan fingerprint density at radius 2 is 1.88 bits per heavy atom. The molecule has 5 rings (SSSR count). The maximum absolute atomic E-state index is 14.3. The number of carbonyl (C=O) groups excluding carboxylic acids is 1. The lowest BCUT2D eigenvalue weighted by atomic mass is 10.0. The van der Waals surface area contributed by atoms with Crippen molar-refractivity contribution in [2.45, 2.75) is 6.17 Å². The predicted octanol–water partition coefficient (Wildman–Crippen LogP) is 3.51. The van der Waals surface area contributed by atoms with Gasteiger partial charge in [0.25, 0.3) is 11.8 Å². The summed E-state index contributed by atoms with van der Waals surface area (Å²) in [5, 5.41) is 13.4. The van der Waals surface area contributed by atoms with Crippen LogP contribution in [0.3, 0.4) is 0 Å². The average Bonchev–Trinajstić information content (AvgIpc) is 3.25. The summed E-state index contributed by atoms with van der Waals surface area (Å²) in [6, 6.07) is 17.9. The van der Waals surface area contributed by atoms with Gasteiger partial charge in [0, 0.05) is 17.2 Å². The van der Waals surface area contributed by atoms with Crippen molar-refractivity contribution in [1.29, 1.82) is 0 Å². The van der Waals surface area contributed by atoms with Gasteiger partial charge in [0.2, 0.25) is 6.17 Å². The molecule has 0 spiro atoms. The topological polar surface area (TPSA) is 115 Å². The number of carbonyl (C=O) groups is 1. The highest BCUT2D eigenvalue weighted by molar-refractivity contribution is 6.19. The van der Waals surface area contributed by atoms with Crippen molar-refractivity contribution in [3.8, 4) is 17.3 Å². The highest BCUT2D eigenvalue weighted by Crippen LogP contribution is 2.26. The summed E-state index contributed by atoms with van der Waals surface area (Å²) in [6.45, 7) is 0. The van der Waals surface area contributed by atoms with Crippen molar-refractivity contribution in [1.82, 2.24) is 15.2 Å². The number of halogens is 1. The number of nitrogens with zero attached hydrogens (tertiary/aromatic N) is 4. The second-order valence-electron chi connectivity index (χ2n) is 7.04. The van der Waals surface area contributed by atoms with Crippen LogP contribution in [0.4, 0.5) is 16.1 Å². The Labute approximate surface area is 187 Å². The second-order valence-corrected chi connectivity index (χ2v) is 7.04. The number of aliphatic imine (C=N–C) groups is 1. The molecule has 33 heavy (non-hydrogen) atoms. The number of rotatable bonds is 5. The van der Waals surface area contributed by atoms with E-state index in [0.29, 0.717) is 11.4 Å². The van der Waals surface area contributed by atoms with Crippen LogP contribution in [0.2, 0.25) is 0 Å². The molecule has 1 unspecified atom stereocenters. The van der Waals surface area contributed by atoms with Crippen molar-refractivity contribution < 1.29 is 18.3 Å². The molecule has 9 nitrogen and oxygen atoms in total. The number of benzodiazepines with no additional fused rings is 1. The van der Waals surface area contributed by atoms with Crippen LogP contribution in [0.15, 0.2) is 76.3 Å². The van der Waals surface area contributed by atoms with Crippen molar-refractivity contribution >= 4 is 23.3 Å². The van der Waals surface area contributed by atoms with Gasteiger partial charge >= 0.3 is 6.01 Å². The van der Waals surface area contributed by atoms with Gasteiger partial charge in [-0.1, -0.05) is 53.6 Å². The number of nitrogens with one attached hydrogen (secondary N) is 2. The standard InChI is InChI=1S/C23H17FN6O3/c1-32-14-11-16(24)19(25-12-14)22-29-30-23(33-22)28-20-21(31)26-17-10-6-5-9-15(17)18(27-20)13-7-3-2-4-8-13/h2-12,20H,1H3,(H,26,31)(H,28,30). The normalized spacial score (nSPS) is 15.2. The van der Waals surface area contributed by atoms with Crippen LogP contribution in [0.1, 0.15) is 11.1 Å². The molecule has 0 fully saturated rings. The van der Waals surface area contributed by atoms with E-state index in [9.17, 15) is 9.18 Å². The summed E-state index contributed by atoms with van der Waals surface area (Å²) in [5.41, 5.74) is 2.72. The summed E-state index contributed by atoms with van der Waals surface area (Å²) >= 11 is 0. The number of pyridine rings is 1. The number of aromatic nitrogens is 3. The van der Waals surface area contributed by atoms with Crippen molar-refractivity contribution in [3.63, 3.8) is 0 Å². The van der Waals surface area contributed by atoms with Gasteiger partial charge in [-0.25, -0.2) is 14.4 Å². The molecule has 2 N–H and O–H groups in total. The van der Waals surface area contributed by atoms with Crippen LogP contribution in [0.25, 0.3) is 11.6 Å². The zero-order valence-electron chi connectivity index (χ0n) is 17.3. The number of methoxy groups -OCH3 is 1. The zero-order valence-corrected chi connectivity index (χ0v) is 17.3. The minimum Gasteiger partial charge on any atom is -0.495 e. The zero-order chi connectivity index (χ0) is 22.8. The lowest BCUT2D eigenvalue weighted by Gasteiger charge is -2.11. The van der Waals surface area contributed by atoms with Crippen LogP contribution < -0.4 is 15.4 Å². The third-order valence-corrected chi connectivity index (χ3v) is 4.93. The summed E-state index contributed by atoms with van der Waals surface area (Å²) in [4.78, 5) is 21.5. The van der Waals surface area contributed by atoms with Crippen LogP contribution in [0.5, 0.6) is 5.75 Å². The fourth-order valence-electron chi connectivity index (χ4n) is 3.36. The first-order valence-electron chi connectivity index (χ1n) is 9.96. The number of benzene rings is 2. The molecule has 1 aliphatic rings. The first-order valence-corrected chi connectivity index (χ1v) is 9.96. The highest BCUT2D eigenvalue weighted by Gasteiger charge is 2.27. The second kappa shape index (κ2) is 8.50. The van der Waals surface area contributed by atoms with Crippen molar-refractivity contribution in [2.24, 2.45) is 4.99 Å². The number of hydrogen-bond acceptors (Lipinski definition) is 8. The Hall–Kier alpha value is -4.60. The van der Waals surface area contributed by atoms with E-state index < -0.39 is 17.9 Å². The molecule has 2 aromatic heterocycles. The Bertz CT molecular complexity index is 1360. The predicted molar refractivity (Wildman–Crippen MR) is 119 cm³/mol. The number of para-hydroxylation sites is 1. The quantitative estimate of drug-likeness (QED) is 0.484. The molecule has 3 heterocycles. The van der Waals surface area contributed by atoms with Crippen molar-refractivity contribution in [3.05, 3.63) is 83.8 Å². The monoisotopic (exact) mass is 444 g/mol. The van der Waals surface area contributed by atoms with Gasteiger partial charge in [0.15, 0.2) is 11.5 Å². The van der Waals surface area contributed by atoms with E-state index in [4.69, 9.17) is 9.15 Å². The Kier molecular flexibility index (Phi) is 5.23. The lowest BCUT2D eigenvalue weighted by molar-refractivity contribution is -0.116. The third kappa shape index (κ3) is 4.01. The van der Waals surface area contributed by atoms with E-state index in [0.717, 1.165) is 17.2 Å². The lowest BCUT2D eigenvalue weighted by Crippen LogP contribution is -2.32. The summed E-state index contributed by atoms with van der Waals surface area (Å²) in [5.74, 6) is -0.993. The minimum atomic E-state index is -1.07. The molecule has 0 saturated heterocycles. The molecule has 2 aromatic carbocycles. The molecule has 1 amide bonds. The van der Waals surface area contributed by atoms with Gasteiger partial charge in [-0.05, 0) is 6.07 Å². The Morgan fingerprint density at radius 3 is 2.67 bits per heavy atom. The van der Waals surface area contributed by atoms with E-state index in [-0.39, 0.29) is 23.3 Å². The third-order valence-electron chi connectivity index (χ3n) is 4.93. The minimum absolute atomic E-state index is 0.107. The van der Waals surface area contributed by atoms with Gasteiger partial charge in [-0.2, -0.15) is 0 Å². The molecule has 164 valence electrons. The van der Waals surface area contributed by atoms with E-state index in [1.807, 2.05) is 48.5 Å². The molecule has 4 aromatic rings. The maximum atomic E-state index is 14.3. The fraction of sp³-hybridized carbons (Fsp3) is 0.0870. The smallest absolute Gasteiger partial charge is 0.317 e. The summed E-state index contributed by atoms with van der Waals surface area (Å²) < 4.78 is 24.8. The van der Waals surface area contributed by atoms with Gasteiger partial charge < -0.3 is 19.8 Å². The van der Waals surface area contributed by atoms with Crippen LogP contribution in [0, 0.1) is 5.82 Å². The van der Waals surface area contributed by atoms with E-state index in [1.54, 1.807) is 6.07 Å². The largest absolute Gasteiger partial charge is 0.495 e. The molecule has 0 aliphatic carbocycles. The van der Waals surface area contributed by atoms with Crippen LogP contribution in [-0.4, -0.2) is 40.1 Å². The Morgan fingerprint density at radius 1 is 1.09 bits per heavy atom.